The molecule has 1 aromatic heterocycles. The van der Waals surface area contributed by atoms with Crippen LogP contribution >= 0.6 is 0 Å². The van der Waals surface area contributed by atoms with Crippen molar-refractivity contribution in [3.8, 4) is 5.69 Å². The van der Waals surface area contributed by atoms with Crippen LogP contribution in [-0.2, 0) is 4.74 Å². The van der Waals surface area contributed by atoms with Crippen molar-refractivity contribution in [2.75, 3.05) is 49.6 Å². The summed E-state index contributed by atoms with van der Waals surface area (Å²) in [7, 11) is 6.37. The molecule has 2 radical (unpaired) electrons. The summed E-state index contributed by atoms with van der Waals surface area (Å²) < 4.78 is 33.6. The zero-order valence-electron chi connectivity index (χ0n) is 17.8. The second-order valence-electron chi connectivity index (χ2n) is 8.39. The monoisotopic (exact) mass is 436 g/mol. The maximum atomic E-state index is 13.5. The van der Waals surface area contributed by atoms with E-state index in [1.165, 1.54) is 23.1 Å². The number of rotatable bonds is 5. The number of benzene rings is 2. The summed E-state index contributed by atoms with van der Waals surface area (Å²) in [5.41, 5.74) is 2.99. The third-order valence-corrected chi connectivity index (χ3v) is 5.90. The molecule has 2 saturated heterocycles. The predicted molar refractivity (Wildman–Crippen MR) is 119 cm³/mol. The molecule has 2 fully saturated rings. The van der Waals surface area contributed by atoms with Gasteiger partial charge in [-0.3, -0.25) is 4.90 Å². The standard InChI is InChI=1S/C22H23BF2N6O/c1-15-6-18(27-21-26-14-31(28-21)20-9-16(24)8-17(25)10-20)11-19(7-15)29-2-4-30(5-3-29)22(23)12-32-13-22/h6-11,14H,2-5,12-13H2,1H3,(H,27,28). The largest absolute Gasteiger partial charge is 0.379 e. The molecular weight excluding hydrogens is 413 g/mol. The van der Waals surface area contributed by atoms with Gasteiger partial charge in [0.2, 0.25) is 5.95 Å². The molecule has 2 aliphatic heterocycles. The average molecular weight is 436 g/mol. The van der Waals surface area contributed by atoms with E-state index in [1.807, 2.05) is 13.0 Å². The minimum atomic E-state index is -0.668. The normalized spacial score (nSPS) is 18.4. The quantitative estimate of drug-likeness (QED) is 0.621. The molecule has 3 heterocycles. The highest BCUT2D eigenvalue weighted by Gasteiger charge is 2.39. The molecule has 32 heavy (non-hydrogen) atoms. The van der Waals surface area contributed by atoms with E-state index in [-0.39, 0.29) is 11.1 Å². The van der Waals surface area contributed by atoms with Gasteiger partial charge in [-0.2, -0.15) is 4.98 Å². The first kappa shape index (κ1) is 20.9. The van der Waals surface area contributed by atoms with Crippen molar-refractivity contribution in [2.45, 2.75) is 12.4 Å². The minimum absolute atomic E-state index is 0.264. The van der Waals surface area contributed by atoms with Gasteiger partial charge in [0.15, 0.2) is 0 Å². The smallest absolute Gasteiger partial charge is 0.246 e. The van der Waals surface area contributed by atoms with Crippen LogP contribution in [0.2, 0.25) is 0 Å². The van der Waals surface area contributed by atoms with Gasteiger partial charge < -0.3 is 15.0 Å². The van der Waals surface area contributed by atoms with Crippen molar-refractivity contribution in [3.05, 3.63) is 59.9 Å². The number of piperazine rings is 1. The van der Waals surface area contributed by atoms with Gasteiger partial charge in [-0.15, -0.1) is 5.10 Å². The van der Waals surface area contributed by atoms with Crippen molar-refractivity contribution in [3.63, 3.8) is 0 Å². The van der Waals surface area contributed by atoms with Crippen LogP contribution in [0.1, 0.15) is 5.56 Å². The Bertz CT molecular complexity index is 1110. The summed E-state index contributed by atoms with van der Waals surface area (Å²) in [5, 5.41) is 7.49. The van der Waals surface area contributed by atoms with Crippen LogP contribution in [0.3, 0.4) is 0 Å². The van der Waals surface area contributed by atoms with E-state index < -0.39 is 11.6 Å². The first-order valence-corrected chi connectivity index (χ1v) is 10.5. The van der Waals surface area contributed by atoms with E-state index in [0.717, 1.165) is 49.2 Å². The molecule has 0 aliphatic carbocycles. The number of anilines is 3. The van der Waals surface area contributed by atoms with Gasteiger partial charge >= 0.3 is 0 Å². The van der Waals surface area contributed by atoms with Gasteiger partial charge in [0.05, 0.1) is 18.9 Å². The third-order valence-electron chi connectivity index (χ3n) is 5.90. The Labute approximate surface area is 186 Å². The first-order chi connectivity index (χ1) is 15.4. The fourth-order valence-corrected chi connectivity index (χ4v) is 4.17. The van der Waals surface area contributed by atoms with Gasteiger partial charge in [0.25, 0.3) is 0 Å². The number of aromatic nitrogens is 3. The SMILES string of the molecule is [B]C1(N2CCN(c3cc(C)cc(Nc4ncn(-c5cc(F)cc(F)c5)n4)c3)CC2)COC1. The fraction of sp³-hybridized carbons (Fsp3) is 0.364. The summed E-state index contributed by atoms with van der Waals surface area (Å²) in [6, 6.07) is 9.42. The zero-order chi connectivity index (χ0) is 22.3. The van der Waals surface area contributed by atoms with Crippen LogP contribution < -0.4 is 10.2 Å². The molecule has 10 heteroatoms. The van der Waals surface area contributed by atoms with Gasteiger partial charge in [0.1, 0.15) is 25.8 Å². The summed E-state index contributed by atoms with van der Waals surface area (Å²) in [6.45, 7) is 6.73. The van der Waals surface area contributed by atoms with E-state index in [9.17, 15) is 8.78 Å². The van der Waals surface area contributed by atoms with Gasteiger partial charge in [-0.25, -0.2) is 13.5 Å². The van der Waals surface area contributed by atoms with Gasteiger partial charge in [-0.05, 0) is 42.8 Å². The lowest BCUT2D eigenvalue weighted by Gasteiger charge is -2.51. The lowest BCUT2D eigenvalue weighted by Crippen LogP contribution is -2.66. The van der Waals surface area contributed by atoms with E-state index >= 15 is 0 Å². The minimum Gasteiger partial charge on any atom is -0.379 e. The Morgan fingerprint density at radius 1 is 0.969 bits per heavy atom. The molecule has 3 aromatic rings. The summed E-state index contributed by atoms with van der Waals surface area (Å²) in [4.78, 5) is 8.85. The molecule has 7 nitrogen and oxygen atoms in total. The van der Waals surface area contributed by atoms with Crippen LogP contribution in [0.4, 0.5) is 26.1 Å². The van der Waals surface area contributed by atoms with Crippen LogP contribution in [0, 0.1) is 18.6 Å². The Morgan fingerprint density at radius 3 is 2.34 bits per heavy atom. The van der Waals surface area contributed by atoms with Crippen molar-refractivity contribution in [1.29, 1.82) is 0 Å². The molecule has 0 saturated carbocycles. The second kappa shape index (κ2) is 8.18. The molecule has 2 aromatic carbocycles. The summed E-state index contributed by atoms with van der Waals surface area (Å²) in [6.07, 6.45) is 1.42. The highest BCUT2D eigenvalue weighted by atomic mass is 19.1. The van der Waals surface area contributed by atoms with Gasteiger partial charge in [0, 0.05) is 49.1 Å². The predicted octanol–water partition coefficient (Wildman–Crippen LogP) is 2.61. The molecule has 0 unspecified atom stereocenters. The van der Waals surface area contributed by atoms with E-state index in [1.54, 1.807) is 0 Å². The molecular formula is C22H23BF2N6O. The van der Waals surface area contributed by atoms with Crippen molar-refractivity contribution in [1.82, 2.24) is 19.7 Å². The van der Waals surface area contributed by atoms with Crippen LogP contribution in [-0.4, -0.2) is 72.3 Å². The number of ether oxygens (including phenoxy) is 1. The molecule has 0 atom stereocenters. The molecule has 1 N–H and O–H groups in total. The Balaban J connectivity index is 1.29. The number of hydrogen-bond acceptors (Lipinski definition) is 6. The Hall–Kier alpha value is -2.98. The number of halogens is 2. The Kier molecular flexibility index (Phi) is 5.34. The number of nitrogens with zero attached hydrogens (tertiary/aromatic N) is 5. The molecule has 2 aliphatic rings. The highest BCUT2D eigenvalue weighted by molar-refractivity contribution is 6.16. The van der Waals surface area contributed by atoms with Crippen molar-refractivity contribution < 1.29 is 13.5 Å². The molecule has 5 rings (SSSR count). The van der Waals surface area contributed by atoms with Crippen molar-refractivity contribution in [2.24, 2.45) is 0 Å². The number of hydrogen-bond donors (Lipinski definition) is 1. The number of aryl methyl sites for hydroxylation is 1. The lowest BCUT2D eigenvalue weighted by molar-refractivity contribution is -0.0933. The van der Waals surface area contributed by atoms with E-state index in [4.69, 9.17) is 12.6 Å². The maximum Gasteiger partial charge on any atom is 0.246 e. The highest BCUT2D eigenvalue weighted by Crippen LogP contribution is 2.28. The maximum absolute atomic E-state index is 13.5. The van der Waals surface area contributed by atoms with Crippen LogP contribution in [0.5, 0.6) is 0 Å². The molecule has 164 valence electrons. The number of nitrogens with one attached hydrogen (secondary N) is 1. The lowest BCUT2D eigenvalue weighted by atomic mass is 9.74. The van der Waals surface area contributed by atoms with Gasteiger partial charge in [-0.1, -0.05) is 0 Å². The molecule has 0 amide bonds. The fourth-order valence-electron chi connectivity index (χ4n) is 4.17. The zero-order valence-corrected chi connectivity index (χ0v) is 17.8. The average Bonchev–Trinajstić information content (AvgIpc) is 3.19. The van der Waals surface area contributed by atoms with Crippen molar-refractivity contribution >= 4 is 25.2 Å². The first-order valence-electron chi connectivity index (χ1n) is 10.5. The summed E-state index contributed by atoms with van der Waals surface area (Å²) >= 11 is 0. The van der Waals surface area contributed by atoms with E-state index in [0.29, 0.717) is 19.2 Å². The summed E-state index contributed by atoms with van der Waals surface area (Å²) in [5.74, 6) is -0.997. The van der Waals surface area contributed by atoms with E-state index in [2.05, 4.69) is 37.3 Å². The molecule has 0 bridgehead atoms. The van der Waals surface area contributed by atoms with Crippen LogP contribution in [0.25, 0.3) is 5.69 Å². The topological polar surface area (TPSA) is 58.5 Å². The molecule has 0 spiro atoms. The second-order valence-corrected chi connectivity index (χ2v) is 8.39. The van der Waals surface area contributed by atoms with Crippen LogP contribution in [0.15, 0.2) is 42.7 Å². The Morgan fingerprint density at radius 2 is 1.69 bits per heavy atom. The third kappa shape index (κ3) is 4.20.